The molecule has 3 fully saturated rings. The summed E-state index contributed by atoms with van der Waals surface area (Å²) in [6.45, 7) is 21.7. The summed E-state index contributed by atoms with van der Waals surface area (Å²) in [5, 5.41) is 5.24. The molecule has 2 amide bonds. The lowest BCUT2D eigenvalue weighted by atomic mass is 9.59. The fourth-order valence-corrected chi connectivity index (χ4v) is 14.3. The summed E-state index contributed by atoms with van der Waals surface area (Å²) < 4.78 is 30.3. The molecule has 486 valence electrons. The monoisotopic (exact) mass is 1230 g/mol. The first kappa shape index (κ1) is 72.5. The van der Waals surface area contributed by atoms with Gasteiger partial charge in [-0.2, -0.15) is 13.7 Å². The number of methoxy groups -OCH3 is 1. The van der Waals surface area contributed by atoms with Crippen molar-refractivity contribution >= 4 is 70.9 Å². The third-order valence-electron chi connectivity index (χ3n) is 16.6. The van der Waals surface area contributed by atoms with Gasteiger partial charge in [0.2, 0.25) is 41.4 Å². The zero-order valence-corrected chi connectivity index (χ0v) is 53.3. The van der Waals surface area contributed by atoms with Crippen LogP contribution in [-0.4, -0.2) is 144 Å². The summed E-state index contributed by atoms with van der Waals surface area (Å²) in [6, 6.07) is 0. The summed E-state index contributed by atoms with van der Waals surface area (Å²) in [7, 11) is 1.23. The molecule has 1 aromatic heterocycles. The van der Waals surface area contributed by atoms with Crippen LogP contribution in [0.15, 0.2) is 14.4 Å². The molecule has 0 aromatic carbocycles. The van der Waals surface area contributed by atoms with Crippen LogP contribution in [0.3, 0.4) is 0 Å². The highest BCUT2D eigenvalue weighted by Crippen LogP contribution is 2.52. The number of hydrogen-bond donors (Lipinski definition) is 2. The van der Waals surface area contributed by atoms with E-state index < -0.39 is 163 Å². The van der Waals surface area contributed by atoms with Crippen molar-refractivity contribution in [3.05, 3.63) is 31.5 Å². The molecule has 3 saturated carbocycles. The molecule has 0 spiro atoms. The number of ketones is 2. The van der Waals surface area contributed by atoms with Crippen LogP contribution in [-0.2, 0) is 71.6 Å². The highest BCUT2D eigenvalue weighted by atomic mass is 16.6. The normalized spacial score (nSPS) is 24.1. The molecule has 26 heteroatoms. The van der Waals surface area contributed by atoms with Gasteiger partial charge in [0.1, 0.15) is 6.61 Å². The van der Waals surface area contributed by atoms with Crippen LogP contribution in [0.1, 0.15) is 182 Å². The van der Waals surface area contributed by atoms with E-state index >= 15 is 28.8 Å². The van der Waals surface area contributed by atoms with Gasteiger partial charge in [-0.25, -0.2) is 14.4 Å². The Balaban J connectivity index is 1.90. The van der Waals surface area contributed by atoms with E-state index in [9.17, 15) is 43.2 Å². The fraction of sp³-hybridized carbons (Fsp3) is 0.754. The lowest BCUT2D eigenvalue weighted by Gasteiger charge is -2.46. The number of carbonyl (C=O) groups is 12. The van der Waals surface area contributed by atoms with Crippen molar-refractivity contribution in [1.29, 1.82) is 0 Å². The maximum atomic E-state index is 15.4. The second-order valence-electron chi connectivity index (χ2n) is 27.0. The van der Waals surface area contributed by atoms with Crippen LogP contribution in [0, 0.1) is 68.0 Å². The Labute approximate surface area is 506 Å². The van der Waals surface area contributed by atoms with Gasteiger partial charge in [-0.05, 0) is 131 Å². The smallest absolute Gasteiger partial charge is 0.350 e. The van der Waals surface area contributed by atoms with Gasteiger partial charge in [0.05, 0.1) is 33.0 Å². The molecule has 87 heavy (non-hydrogen) atoms. The molecule has 26 nitrogen and oxygen atoms in total. The molecule has 0 aliphatic heterocycles. The first-order valence-corrected chi connectivity index (χ1v) is 29.9. The van der Waals surface area contributed by atoms with E-state index in [1.165, 1.54) is 41.7 Å². The van der Waals surface area contributed by atoms with Crippen LogP contribution in [0.2, 0.25) is 0 Å². The van der Waals surface area contributed by atoms with E-state index in [0.717, 1.165) is 0 Å². The molecular weight excluding hydrogens is 1140 g/mol. The summed E-state index contributed by atoms with van der Waals surface area (Å²) in [6.07, 6.45) is 0.314. The zero-order chi connectivity index (χ0) is 65.9. The lowest BCUT2D eigenvalue weighted by molar-refractivity contribution is -0.167. The molecule has 3 aliphatic rings. The Morgan fingerprint density at radius 1 is 0.425 bits per heavy atom. The van der Waals surface area contributed by atoms with Crippen LogP contribution in [0.25, 0.3) is 0 Å². The van der Waals surface area contributed by atoms with Crippen molar-refractivity contribution in [2.24, 2.45) is 68.0 Å². The number of Topliss-reactive ketones (excluding diaryl/α,β-unsaturated/α-hetero) is 2. The number of rotatable bonds is 26. The second kappa shape index (κ2) is 29.3. The molecule has 1 heterocycles. The van der Waals surface area contributed by atoms with Crippen molar-refractivity contribution in [1.82, 2.24) is 24.3 Å². The number of nitrogens with zero attached hydrogens (tertiary/aromatic N) is 3. The molecule has 1 aromatic rings. The standard InChI is InChI=1S/C61H91N5O21/c1-16-83-48(74)40(39(68)29-82-15)38(67)21-22-59(12)26-35(23-56(6,7)30-59)45(71)64-53(79)65(46(72)36-24-57(8,9)31-60(13,27-36)33-62-43(69)41(49(75)84-17-2)50(76)85-18-3)55(81)66(54(64)80)47(73)37-25-58(10,11)32-61(14,28-37)34-63-44(70)42(51(77)86-19-4)52(78)87-20-5/h35-37,40-42H,16-34H2,1-15H3,(H,62,69)(H,63,70). The van der Waals surface area contributed by atoms with E-state index in [4.69, 9.17) is 28.4 Å². The Bertz CT molecular complexity index is 2630. The van der Waals surface area contributed by atoms with Crippen LogP contribution >= 0.6 is 0 Å². The predicted molar refractivity (Wildman–Crippen MR) is 310 cm³/mol. The van der Waals surface area contributed by atoms with E-state index in [0.29, 0.717) is 19.3 Å². The molecule has 4 rings (SSSR count). The summed E-state index contributed by atoms with van der Waals surface area (Å²) in [5.74, 6) is -22.4. The SMILES string of the molecule is CCOC(=O)C(C(=O)CCC1(C)CC(C(=O)n2c(=O)n(C(=O)C3CC(C)(C)CC(C)(CNC(=O)C(C(=O)OCC)C(=O)OCC)C3)c(=O)n(C(=O)C3CC(C)(C)CC(C)(CNC(=O)C(C(=O)OCC)C(=O)OCC)C3)c2=O)CC(C)(C)C1)C(=O)COC. The number of hydrogen-bond acceptors (Lipinski definition) is 21. The second-order valence-corrected chi connectivity index (χ2v) is 27.0. The fourth-order valence-electron chi connectivity index (χ4n) is 14.3. The van der Waals surface area contributed by atoms with Gasteiger partial charge >= 0.3 is 46.9 Å². The topological polar surface area (TPSA) is 350 Å². The largest absolute Gasteiger partial charge is 0.465 e. The van der Waals surface area contributed by atoms with Crippen molar-refractivity contribution in [3.63, 3.8) is 0 Å². The van der Waals surface area contributed by atoms with Gasteiger partial charge in [-0.1, -0.05) is 62.3 Å². The summed E-state index contributed by atoms with van der Waals surface area (Å²) in [5.41, 5.74) is -10.4. The lowest BCUT2D eigenvalue weighted by Crippen LogP contribution is -2.62. The first-order valence-electron chi connectivity index (χ1n) is 29.9. The van der Waals surface area contributed by atoms with E-state index in [1.807, 2.05) is 13.8 Å². The number of nitrogens with one attached hydrogen (secondary N) is 2. The predicted octanol–water partition coefficient (Wildman–Crippen LogP) is 4.05. The molecule has 0 bridgehead atoms. The Hall–Kier alpha value is -6.99. The maximum absolute atomic E-state index is 15.4. The molecule has 3 aliphatic carbocycles. The number of carbonyl (C=O) groups excluding carboxylic acids is 12. The minimum Gasteiger partial charge on any atom is -0.465 e. The average Bonchev–Trinajstić information content (AvgIpc) is 0.771. The Morgan fingerprint density at radius 3 is 0.989 bits per heavy atom. The molecular formula is C61H91N5O21. The first-order chi connectivity index (χ1) is 40.3. The van der Waals surface area contributed by atoms with Crippen molar-refractivity contribution < 1.29 is 86.0 Å². The van der Waals surface area contributed by atoms with Gasteiger partial charge in [-0.3, -0.25) is 57.5 Å². The number of ether oxygens (including phenoxy) is 6. The quantitative estimate of drug-likeness (QED) is 0.0750. The highest BCUT2D eigenvalue weighted by molar-refractivity contribution is 6.18. The van der Waals surface area contributed by atoms with Gasteiger partial charge in [0.15, 0.2) is 17.5 Å². The van der Waals surface area contributed by atoms with Crippen molar-refractivity contribution in [3.8, 4) is 0 Å². The third kappa shape index (κ3) is 18.1. The van der Waals surface area contributed by atoms with Gasteiger partial charge in [0, 0.05) is 44.4 Å². The molecule has 2 N–H and O–H groups in total. The van der Waals surface area contributed by atoms with E-state index in [1.54, 1.807) is 48.5 Å². The number of aromatic nitrogens is 3. The van der Waals surface area contributed by atoms with Gasteiger partial charge in [0.25, 0.3) is 0 Å². The van der Waals surface area contributed by atoms with E-state index in [2.05, 4.69) is 10.6 Å². The minimum atomic E-state index is -1.99. The summed E-state index contributed by atoms with van der Waals surface area (Å²) in [4.78, 5) is 210. The van der Waals surface area contributed by atoms with Crippen molar-refractivity contribution in [2.45, 2.75) is 168 Å². The zero-order valence-electron chi connectivity index (χ0n) is 53.3. The number of amides is 2. The molecule has 7 unspecified atom stereocenters. The van der Waals surface area contributed by atoms with Gasteiger partial charge < -0.3 is 39.1 Å². The van der Waals surface area contributed by atoms with Crippen LogP contribution in [0.5, 0.6) is 0 Å². The van der Waals surface area contributed by atoms with Crippen LogP contribution in [0.4, 0.5) is 0 Å². The molecule has 0 saturated heterocycles. The Kier molecular flexibility index (Phi) is 24.4. The molecule has 0 radical (unpaired) electrons. The highest BCUT2D eigenvalue weighted by Gasteiger charge is 2.51. The minimum absolute atomic E-state index is 0.00655. The maximum Gasteiger partial charge on any atom is 0.350 e. The summed E-state index contributed by atoms with van der Waals surface area (Å²) >= 11 is 0. The van der Waals surface area contributed by atoms with E-state index in [-0.39, 0.29) is 111 Å². The number of esters is 5. The van der Waals surface area contributed by atoms with Gasteiger partial charge in [-0.15, -0.1) is 0 Å². The van der Waals surface area contributed by atoms with Crippen molar-refractivity contribution in [2.75, 3.05) is 59.8 Å². The average molecular weight is 1230 g/mol. The molecule has 7 atom stereocenters. The Morgan fingerprint density at radius 2 is 0.701 bits per heavy atom. The third-order valence-corrected chi connectivity index (χ3v) is 16.6. The van der Waals surface area contributed by atoms with Crippen LogP contribution < -0.4 is 27.7 Å².